The van der Waals surface area contributed by atoms with Crippen molar-refractivity contribution in [3.8, 4) is 11.8 Å². The Morgan fingerprint density at radius 2 is 1.64 bits per heavy atom. The van der Waals surface area contributed by atoms with E-state index in [2.05, 4.69) is 15.4 Å². The molecule has 6 nitrogen and oxygen atoms in total. The van der Waals surface area contributed by atoms with Crippen LogP contribution in [0.5, 0.6) is 5.75 Å². The maximum atomic E-state index is 13.3. The first-order chi connectivity index (χ1) is 17.1. The zero-order valence-electron chi connectivity index (χ0n) is 20.2. The Morgan fingerprint density at radius 1 is 1.03 bits per heavy atom. The molecule has 1 aromatic carbocycles. The van der Waals surface area contributed by atoms with Crippen LogP contribution in [0.1, 0.15) is 75.3 Å². The molecule has 4 bridgehead atoms. The topological polar surface area (TPSA) is 91.2 Å². The molecule has 5 saturated carbocycles. The van der Waals surface area contributed by atoms with Crippen LogP contribution in [-0.2, 0) is 16.1 Å². The summed E-state index contributed by atoms with van der Waals surface area (Å²) < 4.78 is 42.3. The molecule has 0 heterocycles. The summed E-state index contributed by atoms with van der Waals surface area (Å²) in [5.41, 5.74) is 0.00900. The summed E-state index contributed by atoms with van der Waals surface area (Å²) in [5.74, 6) is 1.38. The summed E-state index contributed by atoms with van der Waals surface area (Å²) in [6.07, 6.45) is 4.73. The van der Waals surface area contributed by atoms with Crippen LogP contribution < -0.4 is 15.4 Å². The number of ether oxygens (including phenoxy) is 1. The Hall–Kier alpha value is -2.76. The molecule has 6 rings (SSSR count). The molecule has 0 saturated heterocycles. The number of hydrogen-bond acceptors (Lipinski definition) is 4. The second kappa shape index (κ2) is 9.60. The summed E-state index contributed by atoms with van der Waals surface area (Å²) in [7, 11) is 0. The van der Waals surface area contributed by atoms with Crippen molar-refractivity contribution in [1.29, 1.82) is 5.26 Å². The number of alkyl halides is 3. The van der Waals surface area contributed by atoms with Gasteiger partial charge in [-0.15, -0.1) is 13.2 Å². The van der Waals surface area contributed by atoms with E-state index in [0.717, 1.165) is 38.2 Å². The minimum atomic E-state index is -4.90. The molecular weight excluding hydrogens is 471 g/mol. The van der Waals surface area contributed by atoms with E-state index in [-0.39, 0.29) is 46.9 Å². The van der Waals surface area contributed by atoms with Gasteiger partial charge < -0.3 is 15.4 Å². The number of nitrogens with zero attached hydrogens (tertiary/aromatic N) is 1. The van der Waals surface area contributed by atoms with Crippen molar-refractivity contribution in [3.05, 3.63) is 29.3 Å². The van der Waals surface area contributed by atoms with E-state index in [1.165, 1.54) is 31.4 Å². The van der Waals surface area contributed by atoms with Crippen LogP contribution in [0.25, 0.3) is 0 Å². The number of nitriles is 1. The summed E-state index contributed by atoms with van der Waals surface area (Å²) in [4.78, 5) is 26.0. The molecule has 36 heavy (non-hydrogen) atoms. The first-order valence-corrected chi connectivity index (χ1v) is 13.0. The number of carbonyl (C=O) groups is 2. The Morgan fingerprint density at radius 3 is 2.19 bits per heavy atom. The quantitative estimate of drug-likeness (QED) is 0.574. The van der Waals surface area contributed by atoms with Crippen molar-refractivity contribution in [3.63, 3.8) is 0 Å². The molecule has 194 valence electrons. The normalized spacial score (nSPS) is 33.0. The minimum Gasteiger partial charge on any atom is -0.405 e. The van der Waals surface area contributed by atoms with E-state index in [1.807, 2.05) is 0 Å². The highest BCUT2D eigenvalue weighted by Gasteiger charge is 2.54. The molecule has 0 atom stereocenters. The Labute approximate surface area is 208 Å². The fourth-order valence-corrected chi connectivity index (χ4v) is 7.54. The summed E-state index contributed by atoms with van der Waals surface area (Å²) in [6.45, 7) is -0.126. The molecular formula is C27H32F3N3O3. The SMILES string of the molecule is N#Cc1ccc(CNC(=O)[C@H]2CC[C@@H](NC(=O)C34CC5CC(CC(C5)C3)C4)CC2)c(OC(F)(F)F)c1. The maximum absolute atomic E-state index is 13.3. The van der Waals surface area contributed by atoms with Gasteiger partial charge in [0.1, 0.15) is 5.75 Å². The van der Waals surface area contributed by atoms with Gasteiger partial charge in [0.25, 0.3) is 0 Å². The van der Waals surface area contributed by atoms with Crippen molar-refractivity contribution < 1.29 is 27.5 Å². The van der Waals surface area contributed by atoms with Crippen LogP contribution >= 0.6 is 0 Å². The molecule has 1 aromatic rings. The zero-order chi connectivity index (χ0) is 25.5. The molecule has 5 fully saturated rings. The van der Waals surface area contributed by atoms with Gasteiger partial charge in [0.15, 0.2) is 0 Å². The lowest BCUT2D eigenvalue weighted by Crippen LogP contribution is -2.55. The van der Waals surface area contributed by atoms with Gasteiger partial charge in [-0.3, -0.25) is 9.59 Å². The molecule has 5 aliphatic rings. The molecule has 0 aromatic heterocycles. The average molecular weight is 504 g/mol. The van der Waals surface area contributed by atoms with E-state index < -0.39 is 12.1 Å². The lowest BCUT2D eigenvalue weighted by Gasteiger charge is -2.56. The highest BCUT2D eigenvalue weighted by atomic mass is 19.4. The second-order valence-electron chi connectivity index (χ2n) is 11.4. The standard InChI is InChI=1S/C27H32F3N3O3/c28-27(29,30)36-23-10-16(14-31)1-2-21(23)15-32-24(34)20-3-5-22(6-4-20)33-25(35)26-11-17-7-18(12-26)9-19(8-17)13-26/h1-2,10,17-20,22H,3-9,11-13,15H2,(H,32,34)(H,33,35)/t17?,18?,19?,20-,22+,26?. The van der Waals surface area contributed by atoms with Crippen molar-refractivity contribution >= 4 is 11.8 Å². The minimum absolute atomic E-state index is 0.0400. The van der Waals surface area contributed by atoms with Gasteiger partial charge in [-0.2, -0.15) is 5.26 Å². The van der Waals surface area contributed by atoms with Gasteiger partial charge in [-0.25, -0.2) is 0 Å². The third kappa shape index (κ3) is 5.33. The fraction of sp³-hybridized carbons (Fsp3) is 0.667. The van der Waals surface area contributed by atoms with Gasteiger partial charge in [0.2, 0.25) is 11.8 Å². The van der Waals surface area contributed by atoms with Crippen molar-refractivity contribution in [1.82, 2.24) is 10.6 Å². The number of carbonyl (C=O) groups excluding carboxylic acids is 2. The Bertz CT molecular complexity index is 1020. The molecule has 2 N–H and O–H groups in total. The number of benzene rings is 1. The van der Waals surface area contributed by atoms with E-state index >= 15 is 0 Å². The molecule has 5 aliphatic carbocycles. The van der Waals surface area contributed by atoms with Crippen LogP contribution in [0.2, 0.25) is 0 Å². The van der Waals surface area contributed by atoms with Gasteiger partial charge in [0.05, 0.1) is 11.6 Å². The number of halogens is 3. The maximum Gasteiger partial charge on any atom is 0.573 e. The van der Waals surface area contributed by atoms with E-state index in [4.69, 9.17) is 5.26 Å². The van der Waals surface area contributed by atoms with Gasteiger partial charge >= 0.3 is 6.36 Å². The Balaban J connectivity index is 1.11. The predicted molar refractivity (Wildman–Crippen MR) is 124 cm³/mol. The van der Waals surface area contributed by atoms with Crippen molar-refractivity contribution in [2.24, 2.45) is 29.1 Å². The number of amides is 2. The number of nitrogens with one attached hydrogen (secondary N) is 2. The molecule has 0 unspecified atom stereocenters. The fourth-order valence-electron chi connectivity index (χ4n) is 7.54. The second-order valence-corrected chi connectivity index (χ2v) is 11.4. The first kappa shape index (κ1) is 24.9. The van der Waals surface area contributed by atoms with Crippen LogP contribution in [0, 0.1) is 40.4 Å². The highest BCUT2D eigenvalue weighted by molar-refractivity contribution is 5.83. The molecule has 0 aliphatic heterocycles. The zero-order valence-corrected chi connectivity index (χ0v) is 20.2. The van der Waals surface area contributed by atoms with E-state index in [0.29, 0.717) is 30.6 Å². The number of rotatable bonds is 6. The van der Waals surface area contributed by atoms with Crippen LogP contribution in [0.15, 0.2) is 18.2 Å². The molecule has 2 amide bonds. The van der Waals surface area contributed by atoms with Gasteiger partial charge in [-0.05, 0) is 94.1 Å². The summed E-state index contributed by atoms with van der Waals surface area (Å²) in [5, 5.41) is 15.0. The predicted octanol–water partition coefficient (Wildman–Crippen LogP) is 4.96. The smallest absolute Gasteiger partial charge is 0.405 e. The van der Waals surface area contributed by atoms with Crippen LogP contribution in [0.3, 0.4) is 0 Å². The molecule has 0 radical (unpaired) electrons. The van der Waals surface area contributed by atoms with Gasteiger partial charge in [-0.1, -0.05) is 6.07 Å². The molecule has 0 spiro atoms. The van der Waals surface area contributed by atoms with Crippen molar-refractivity contribution in [2.75, 3.05) is 0 Å². The highest BCUT2D eigenvalue weighted by Crippen LogP contribution is 2.60. The van der Waals surface area contributed by atoms with E-state index in [9.17, 15) is 22.8 Å². The largest absolute Gasteiger partial charge is 0.573 e. The van der Waals surface area contributed by atoms with E-state index in [1.54, 1.807) is 6.07 Å². The monoisotopic (exact) mass is 503 g/mol. The lowest BCUT2D eigenvalue weighted by atomic mass is 9.49. The van der Waals surface area contributed by atoms with Crippen LogP contribution in [-0.4, -0.2) is 24.2 Å². The first-order valence-electron chi connectivity index (χ1n) is 13.0. The Kier molecular flexibility index (Phi) is 6.65. The third-order valence-electron chi connectivity index (χ3n) is 8.83. The number of hydrogen-bond donors (Lipinski definition) is 2. The van der Waals surface area contributed by atoms with Gasteiger partial charge in [0, 0.05) is 29.5 Å². The third-order valence-corrected chi connectivity index (χ3v) is 8.83. The molecule has 9 heteroatoms. The summed E-state index contributed by atoms with van der Waals surface area (Å²) in [6, 6.07) is 5.63. The van der Waals surface area contributed by atoms with Crippen LogP contribution in [0.4, 0.5) is 13.2 Å². The average Bonchev–Trinajstić information content (AvgIpc) is 2.81. The summed E-state index contributed by atoms with van der Waals surface area (Å²) >= 11 is 0. The van der Waals surface area contributed by atoms with Crippen molar-refractivity contribution in [2.45, 2.75) is 83.2 Å². The lowest BCUT2D eigenvalue weighted by molar-refractivity contribution is -0.274.